The zero-order chi connectivity index (χ0) is 23.5. The van der Waals surface area contributed by atoms with E-state index in [0.29, 0.717) is 5.92 Å². The van der Waals surface area contributed by atoms with Crippen LogP contribution >= 0.6 is 11.6 Å². The van der Waals surface area contributed by atoms with Crippen molar-refractivity contribution in [2.24, 2.45) is 5.92 Å². The van der Waals surface area contributed by atoms with Gasteiger partial charge in [0.15, 0.2) is 0 Å². The molecule has 0 fully saturated rings. The molecule has 0 spiro atoms. The summed E-state index contributed by atoms with van der Waals surface area (Å²) in [6, 6.07) is 19.8. The standard InChI is InChI=1S/C31H39Cl/c1-21-11-8-12-22(2)28(21)18-17-27(7)31(32,30-25(5)15-10-16-26(30)6)20-19-29-23(3)13-9-14-24(29)4/h8-16,27H,17-20H2,1-7H3. The van der Waals surface area contributed by atoms with Gasteiger partial charge >= 0.3 is 0 Å². The molecule has 2 unspecified atom stereocenters. The Bertz CT molecular complexity index is 1020. The van der Waals surface area contributed by atoms with Crippen molar-refractivity contribution < 1.29 is 0 Å². The molecule has 170 valence electrons. The van der Waals surface area contributed by atoms with Crippen LogP contribution in [-0.2, 0) is 17.7 Å². The number of alkyl halides is 1. The fraction of sp³-hybridized carbons (Fsp3) is 0.419. The second-order valence-electron chi connectivity index (χ2n) is 9.81. The van der Waals surface area contributed by atoms with E-state index < -0.39 is 0 Å². The Morgan fingerprint density at radius 3 is 1.44 bits per heavy atom. The summed E-state index contributed by atoms with van der Waals surface area (Å²) < 4.78 is 0. The minimum atomic E-state index is -0.388. The van der Waals surface area contributed by atoms with Crippen LogP contribution in [0, 0.1) is 47.5 Å². The average Bonchev–Trinajstić information content (AvgIpc) is 2.72. The predicted octanol–water partition coefficient (Wildman–Crippen LogP) is 8.87. The van der Waals surface area contributed by atoms with Crippen LogP contribution in [0.2, 0.25) is 0 Å². The van der Waals surface area contributed by atoms with Gasteiger partial charge in [0.25, 0.3) is 0 Å². The van der Waals surface area contributed by atoms with Crippen molar-refractivity contribution in [1.82, 2.24) is 0 Å². The maximum atomic E-state index is 7.73. The molecule has 1 heteroatoms. The molecule has 0 aromatic heterocycles. The number of hydrogen-bond acceptors (Lipinski definition) is 0. The van der Waals surface area contributed by atoms with Crippen molar-refractivity contribution in [3.63, 3.8) is 0 Å². The Balaban J connectivity index is 1.94. The summed E-state index contributed by atoms with van der Waals surface area (Å²) in [5, 5.41) is 0. The Hall–Kier alpha value is -2.05. The molecule has 3 aromatic rings. The molecule has 3 rings (SSSR count). The van der Waals surface area contributed by atoms with Gasteiger partial charge < -0.3 is 0 Å². The van der Waals surface area contributed by atoms with Crippen LogP contribution in [-0.4, -0.2) is 0 Å². The highest BCUT2D eigenvalue weighted by molar-refractivity contribution is 6.24. The number of halogens is 1. The second-order valence-corrected chi connectivity index (χ2v) is 10.5. The molecule has 0 heterocycles. The molecule has 0 saturated carbocycles. The SMILES string of the molecule is Cc1cccc(C)c1CCC(C)C(Cl)(CCc1c(C)cccc1C)c1c(C)cccc1C. The lowest BCUT2D eigenvalue weighted by Crippen LogP contribution is -2.31. The first-order chi connectivity index (χ1) is 15.1. The summed E-state index contributed by atoms with van der Waals surface area (Å²) in [5.41, 5.74) is 12.4. The molecule has 3 aromatic carbocycles. The topological polar surface area (TPSA) is 0 Å². The summed E-state index contributed by atoms with van der Waals surface area (Å²) in [6.07, 6.45) is 4.10. The first-order valence-electron chi connectivity index (χ1n) is 12.0. The van der Waals surface area contributed by atoms with Crippen molar-refractivity contribution in [2.75, 3.05) is 0 Å². The van der Waals surface area contributed by atoms with E-state index in [-0.39, 0.29) is 4.87 Å². The van der Waals surface area contributed by atoms with Gasteiger partial charge in [0, 0.05) is 0 Å². The summed E-state index contributed by atoms with van der Waals surface area (Å²) >= 11 is 7.73. The van der Waals surface area contributed by atoms with E-state index in [0.717, 1.165) is 25.7 Å². The van der Waals surface area contributed by atoms with E-state index in [1.54, 1.807) is 0 Å². The minimum Gasteiger partial charge on any atom is -0.114 e. The summed E-state index contributed by atoms with van der Waals surface area (Å²) in [4.78, 5) is -0.388. The van der Waals surface area contributed by atoms with E-state index in [1.807, 2.05) is 0 Å². The van der Waals surface area contributed by atoms with E-state index >= 15 is 0 Å². The molecular formula is C31H39Cl. The van der Waals surface area contributed by atoms with E-state index in [1.165, 1.54) is 50.1 Å². The molecule has 2 atom stereocenters. The summed E-state index contributed by atoms with van der Waals surface area (Å²) in [7, 11) is 0. The van der Waals surface area contributed by atoms with Gasteiger partial charge in [0.2, 0.25) is 0 Å². The minimum absolute atomic E-state index is 0.354. The van der Waals surface area contributed by atoms with Gasteiger partial charge in [-0.3, -0.25) is 0 Å². The van der Waals surface area contributed by atoms with E-state index in [2.05, 4.69) is 103 Å². The maximum Gasteiger partial charge on any atom is 0.0728 e. The highest BCUT2D eigenvalue weighted by atomic mass is 35.5. The Labute approximate surface area is 201 Å². The quantitative estimate of drug-likeness (QED) is 0.303. The van der Waals surface area contributed by atoms with Crippen LogP contribution in [0.4, 0.5) is 0 Å². The first kappa shape index (κ1) is 24.6. The van der Waals surface area contributed by atoms with Gasteiger partial charge in [0.1, 0.15) is 0 Å². The van der Waals surface area contributed by atoms with Crippen LogP contribution < -0.4 is 0 Å². The highest BCUT2D eigenvalue weighted by Gasteiger charge is 2.37. The van der Waals surface area contributed by atoms with Gasteiger partial charge in [-0.05, 0) is 123 Å². The smallest absolute Gasteiger partial charge is 0.0728 e. The maximum absolute atomic E-state index is 7.73. The molecular weight excluding hydrogens is 408 g/mol. The lowest BCUT2D eigenvalue weighted by atomic mass is 9.75. The number of benzene rings is 3. The van der Waals surface area contributed by atoms with Crippen molar-refractivity contribution in [3.05, 3.63) is 105 Å². The monoisotopic (exact) mass is 446 g/mol. The van der Waals surface area contributed by atoms with Crippen molar-refractivity contribution in [1.29, 1.82) is 0 Å². The Morgan fingerprint density at radius 1 is 0.625 bits per heavy atom. The van der Waals surface area contributed by atoms with Gasteiger partial charge in [-0.1, -0.05) is 61.5 Å². The zero-order valence-corrected chi connectivity index (χ0v) is 21.7. The Morgan fingerprint density at radius 2 is 1.00 bits per heavy atom. The van der Waals surface area contributed by atoms with Crippen molar-refractivity contribution >= 4 is 11.6 Å². The van der Waals surface area contributed by atoms with E-state index in [4.69, 9.17) is 11.6 Å². The van der Waals surface area contributed by atoms with Crippen LogP contribution in [0.25, 0.3) is 0 Å². The van der Waals surface area contributed by atoms with Crippen LogP contribution in [0.1, 0.15) is 69.8 Å². The predicted molar refractivity (Wildman–Crippen MR) is 141 cm³/mol. The van der Waals surface area contributed by atoms with Crippen LogP contribution in [0.15, 0.2) is 54.6 Å². The first-order valence-corrected chi connectivity index (χ1v) is 12.4. The summed E-state index contributed by atoms with van der Waals surface area (Å²) in [5.74, 6) is 0.354. The molecule has 0 aliphatic carbocycles. The lowest BCUT2D eigenvalue weighted by Gasteiger charge is -2.37. The number of aryl methyl sites for hydroxylation is 6. The molecule has 0 N–H and O–H groups in total. The van der Waals surface area contributed by atoms with Crippen LogP contribution in [0.3, 0.4) is 0 Å². The van der Waals surface area contributed by atoms with Crippen molar-refractivity contribution in [3.8, 4) is 0 Å². The second kappa shape index (κ2) is 10.3. The third-order valence-electron chi connectivity index (χ3n) is 7.53. The van der Waals surface area contributed by atoms with E-state index in [9.17, 15) is 0 Å². The molecule has 0 bridgehead atoms. The molecule has 0 aliphatic heterocycles. The summed E-state index contributed by atoms with van der Waals surface area (Å²) in [6.45, 7) is 15.7. The van der Waals surface area contributed by atoms with Gasteiger partial charge in [-0.2, -0.15) is 0 Å². The Kier molecular flexibility index (Phi) is 7.88. The number of rotatable bonds is 8. The third kappa shape index (κ3) is 5.12. The lowest BCUT2D eigenvalue weighted by molar-refractivity contribution is 0.356. The highest BCUT2D eigenvalue weighted by Crippen LogP contribution is 2.46. The molecule has 32 heavy (non-hydrogen) atoms. The molecule has 0 amide bonds. The van der Waals surface area contributed by atoms with Crippen molar-refractivity contribution in [2.45, 2.75) is 79.0 Å². The average molecular weight is 447 g/mol. The van der Waals surface area contributed by atoms with Gasteiger partial charge in [-0.15, -0.1) is 11.6 Å². The van der Waals surface area contributed by atoms with Gasteiger partial charge in [0.05, 0.1) is 4.87 Å². The van der Waals surface area contributed by atoms with Gasteiger partial charge in [-0.25, -0.2) is 0 Å². The molecule has 0 aliphatic rings. The molecule has 0 saturated heterocycles. The normalized spacial score (nSPS) is 14.2. The fourth-order valence-corrected chi connectivity index (χ4v) is 5.97. The largest absolute Gasteiger partial charge is 0.114 e. The third-order valence-corrected chi connectivity index (χ3v) is 8.28. The number of hydrogen-bond donors (Lipinski definition) is 0. The molecule has 0 radical (unpaired) electrons. The van der Waals surface area contributed by atoms with Crippen LogP contribution in [0.5, 0.6) is 0 Å². The fourth-order valence-electron chi connectivity index (χ4n) is 5.47. The zero-order valence-electron chi connectivity index (χ0n) is 21.0. The molecule has 0 nitrogen and oxygen atoms in total.